The summed E-state index contributed by atoms with van der Waals surface area (Å²) >= 11 is 6.03. The smallest absolute Gasteiger partial charge is 0.217 e. The van der Waals surface area contributed by atoms with E-state index in [1.165, 1.54) is 24.3 Å². The fourth-order valence-electron chi connectivity index (χ4n) is 2.34. The number of ketones is 1. The number of aryl methyl sites for hydroxylation is 1. The molecule has 0 spiro atoms. The van der Waals surface area contributed by atoms with Crippen LogP contribution in [0.25, 0.3) is 11.4 Å². The fourth-order valence-corrected chi connectivity index (χ4v) is 2.53. The SMILES string of the molecule is CCc1cc(OCC(=O)c2ccc(F)cc2)nc(-c2cccc(Cl)c2)n1. The van der Waals surface area contributed by atoms with Gasteiger partial charge in [-0.25, -0.2) is 9.37 Å². The maximum absolute atomic E-state index is 12.9. The van der Waals surface area contributed by atoms with E-state index in [-0.39, 0.29) is 12.4 Å². The highest BCUT2D eigenvalue weighted by atomic mass is 35.5. The summed E-state index contributed by atoms with van der Waals surface area (Å²) in [5.41, 5.74) is 1.94. The third-order valence-corrected chi connectivity index (χ3v) is 3.95. The zero-order valence-electron chi connectivity index (χ0n) is 14.1. The van der Waals surface area contributed by atoms with Gasteiger partial charge >= 0.3 is 0 Å². The van der Waals surface area contributed by atoms with Crippen LogP contribution in [-0.4, -0.2) is 22.4 Å². The van der Waals surface area contributed by atoms with Crippen molar-refractivity contribution in [1.82, 2.24) is 9.97 Å². The number of halogens is 2. The lowest BCUT2D eigenvalue weighted by atomic mass is 10.1. The van der Waals surface area contributed by atoms with Gasteiger partial charge in [-0.2, -0.15) is 4.98 Å². The minimum atomic E-state index is -0.392. The van der Waals surface area contributed by atoms with Crippen molar-refractivity contribution in [3.05, 3.63) is 76.7 Å². The number of hydrogen-bond donors (Lipinski definition) is 0. The highest BCUT2D eigenvalue weighted by Gasteiger charge is 2.11. The maximum Gasteiger partial charge on any atom is 0.217 e. The summed E-state index contributed by atoms with van der Waals surface area (Å²) in [6.45, 7) is 1.78. The molecular weight excluding hydrogens is 355 g/mol. The van der Waals surface area contributed by atoms with Gasteiger partial charge in [0.25, 0.3) is 0 Å². The van der Waals surface area contributed by atoms with Gasteiger partial charge in [0.2, 0.25) is 5.88 Å². The van der Waals surface area contributed by atoms with Crippen LogP contribution in [-0.2, 0) is 6.42 Å². The van der Waals surface area contributed by atoms with Crippen molar-refractivity contribution >= 4 is 17.4 Å². The number of aromatic nitrogens is 2. The molecule has 1 aromatic heterocycles. The number of carbonyl (C=O) groups is 1. The Balaban J connectivity index is 1.80. The number of carbonyl (C=O) groups excluding carboxylic acids is 1. The number of hydrogen-bond acceptors (Lipinski definition) is 4. The van der Waals surface area contributed by atoms with Gasteiger partial charge in [-0.3, -0.25) is 4.79 Å². The summed E-state index contributed by atoms with van der Waals surface area (Å²) in [4.78, 5) is 21.0. The minimum Gasteiger partial charge on any atom is -0.469 e. The van der Waals surface area contributed by atoms with Crippen LogP contribution in [0, 0.1) is 5.82 Å². The largest absolute Gasteiger partial charge is 0.469 e. The molecule has 26 heavy (non-hydrogen) atoms. The minimum absolute atomic E-state index is 0.194. The summed E-state index contributed by atoms with van der Waals surface area (Å²) in [6, 6.07) is 14.2. The molecule has 132 valence electrons. The zero-order valence-corrected chi connectivity index (χ0v) is 14.8. The van der Waals surface area contributed by atoms with Crippen LogP contribution in [0.4, 0.5) is 4.39 Å². The molecule has 0 aliphatic rings. The Labute approximate surface area is 155 Å². The van der Waals surface area contributed by atoms with Crippen LogP contribution in [0.5, 0.6) is 5.88 Å². The summed E-state index contributed by atoms with van der Waals surface area (Å²) in [5.74, 6) is 0.140. The van der Waals surface area contributed by atoms with Gasteiger partial charge in [0, 0.05) is 27.9 Å². The van der Waals surface area contributed by atoms with Crippen LogP contribution >= 0.6 is 11.6 Å². The summed E-state index contributed by atoms with van der Waals surface area (Å²) in [7, 11) is 0. The average Bonchev–Trinajstić information content (AvgIpc) is 2.66. The molecule has 0 amide bonds. The second-order valence-corrected chi connectivity index (χ2v) is 6.04. The number of Topliss-reactive ketones (excluding diaryl/α,β-unsaturated/α-hetero) is 1. The molecule has 0 N–H and O–H groups in total. The van der Waals surface area contributed by atoms with E-state index < -0.39 is 5.82 Å². The Hall–Kier alpha value is -2.79. The van der Waals surface area contributed by atoms with Crippen LogP contribution in [0.15, 0.2) is 54.6 Å². The van der Waals surface area contributed by atoms with E-state index in [2.05, 4.69) is 9.97 Å². The van der Waals surface area contributed by atoms with Crippen molar-refractivity contribution in [1.29, 1.82) is 0 Å². The second kappa shape index (κ2) is 8.06. The van der Waals surface area contributed by atoms with E-state index >= 15 is 0 Å². The van der Waals surface area contributed by atoms with Gasteiger partial charge in [0.15, 0.2) is 18.2 Å². The molecule has 4 nitrogen and oxygen atoms in total. The van der Waals surface area contributed by atoms with Crippen molar-refractivity contribution in [2.75, 3.05) is 6.61 Å². The first-order chi connectivity index (χ1) is 12.5. The van der Waals surface area contributed by atoms with Gasteiger partial charge in [-0.15, -0.1) is 0 Å². The number of nitrogens with zero attached hydrogens (tertiary/aromatic N) is 2. The van der Waals surface area contributed by atoms with Crippen LogP contribution in [0.3, 0.4) is 0 Å². The van der Waals surface area contributed by atoms with E-state index in [1.54, 1.807) is 18.2 Å². The Kier molecular flexibility index (Phi) is 5.58. The molecule has 3 rings (SSSR count). The first kappa shape index (κ1) is 18.0. The molecule has 0 aliphatic heterocycles. The molecule has 1 heterocycles. The van der Waals surface area contributed by atoms with Gasteiger partial charge in [-0.05, 0) is 42.8 Å². The lowest BCUT2D eigenvalue weighted by Crippen LogP contribution is -2.13. The molecule has 3 aromatic rings. The van der Waals surface area contributed by atoms with E-state index in [0.717, 1.165) is 11.3 Å². The van der Waals surface area contributed by atoms with E-state index in [4.69, 9.17) is 16.3 Å². The molecule has 0 radical (unpaired) electrons. The molecule has 0 saturated carbocycles. The summed E-state index contributed by atoms with van der Waals surface area (Å²) < 4.78 is 18.5. The summed E-state index contributed by atoms with van der Waals surface area (Å²) in [5, 5.41) is 0.585. The highest BCUT2D eigenvalue weighted by Crippen LogP contribution is 2.22. The number of benzene rings is 2. The third-order valence-electron chi connectivity index (χ3n) is 3.72. The van der Waals surface area contributed by atoms with Crippen molar-refractivity contribution in [3.8, 4) is 17.3 Å². The molecule has 0 saturated heterocycles. The molecule has 0 aliphatic carbocycles. The van der Waals surface area contributed by atoms with Crippen LogP contribution < -0.4 is 4.74 Å². The van der Waals surface area contributed by atoms with Gasteiger partial charge in [0.1, 0.15) is 5.82 Å². The molecule has 2 aromatic carbocycles. The molecular formula is C20H16ClFN2O2. The second-order valence-electron chi connectivity index (χ2n) is 5.60. The predicted molar refractivity (Wildman–Crippen MR) is 98.1 cm³/mol. The lowest BCUT2D eigenvalue weighted by molar-refractivity contribution is 0.0918. The summed E-state index contributed by atoms with van der Waals surface area (Å²) in [6.07, 6.45) is 0.693. The van der Waals surface area contributed by atoms with Crippen LogP contribution in [0.2, 0.25) is 5.02 Å². The van der Waals surface area contributed by atoms with Crippen molar-refractivity contribution < 1.29 is 13.9 Å². The first-order valence-electron chi connectivity index (χ1n) is 8.10. The van der Waals surface area contributed by atoms with E-state index in [9.17, 15) is 9.18 Å². The van der Waals surface area contributed by atoms with E-state index in [1.807, 2.05) is 19.1 Å². The number of ether oxygens (including phenoxy) is 1. The van der Waals surface area contributed by atoms with E-state index in [0.29, 0.717) is 28.7 Å². The van der Waals surface area contributed by atoms with Gasteiger partial charge in [-0.1, -0.05) is 30.7 Å². The quantitative estimate of drug-likeness (QED) is 0.587. The standard InChI is InChI=1S/C20H16ClFN2O2/c1-2-17-11-19(24-20(23-17)14-4-3-5-15(21)10-14)26-12-18(25)13-6-8-16(22)9-7-13/h3-11H,2,12H2,1H3. The normalized spacial score (nSPS) is 10.6. The first-order valence-corrected chi connectivity index (χ1v) is 8.48. The predicted octanol–water partition coefficient (Wildman–Crippen LogP) is 4.76. The zero-order chi connectivity index (χ0) is 18.5. The highest BCUT2D eigenvalue weighted by molar-refractivity contribution is 6.30. The monoisotopic (exact) mass is 370 g/mol. The third kappa shape index (κ3) is 4.43. The topological polar surface area (TPSA) is 52.1 Å². The fraction of sp³-hybridized carbons (Fsp3) is 0.150. The Morgan fingerprint density at radius 1 is 1.12 bits per heavy atom. The Morgan fingerprint density at radius 3 is 2.58 bits per heavy atom. The average molecular weight is 371 g/mol. The molecule has 0 bridgehead atoms. The molecule has 0 atom stereocenters. The maximum atomic E-state index is 12.9. The lowest BCUT2D eigenvalue weighted by Gasteiger charge is -2.09. The Bertz CT molecular complexity index is 929. The van der Waals surface area contributed by atoms with Gasteiger partial charge in [0.05, 0.1) is 0 Å². The molecule has 6 heteroatoms. The van der Waals surface area contributed by atoms with Gasteiger partial charge < -0.3 is 4.74 Å². The van der Waals surface area contributed by atoms with Crippen molar-refractivity contribution in [2.24, 2.45) is 0 Å². The number of rotatable bonds is 6. The Morgan fingerprint density at radius 2 is 1.88 bits per heavy atom. The molecule has 0 unspecified atom stereocenters. The van der Waals surface area contributed by atoms with Crippen LogP contribution in [0.1, 0.15) is 23.0 Å². The van der Waals surface area contributed by atoms with Crippen molar-refractivity contribution in [2.45, 2.75) is 13.3 Å². The van der Waals surface area contributed by atoms with Crippen molar-refractivity contribution in [3.63, 3.8) is 0 Å². The molecule has 0 fully saturated rings.